The Morgan fingerprint density at radius 1 is 1.38 bits per heavy atom. The van der Waals surface area contributed by atoms with E-state index in [1.807, 2.05) is 24.1 Å². The number of hydrogen-bond acceptors (Lipinski definition) is 2. The van der Waals surface area contributed by atoms with Crippen molar-refractivity contribution >= 4 is 33.2 Å². The van der Waals surface area contributed by atoms with Crippen molar-refractivity contribution in [3.8, 4) is 0 Å². The summed E-state index contributed by atoms with van der Waals surface area (Å²) in [7, 11) is 1.94. The highest BCUT2D eigenvalue weighted by Crippen LogP contribution is 2.26. The standard InChI is InChI=1S/C12H16BrNOS/c1-14(9-5-3-2-4-6-9)12(15)10-7-8-11(13)16-10/h7-9H,2-6H2,1H3. The van der Waals surface area contributed by atoms with Crippen molar-refractivity contribution in [2.75, 3.05) is 7.05 Å². The molecule has 1 amide bonds. The third kappa shape index (κ3) is 2.66. The van der Waals surface area contributed by atoms with Crippen LogP contribution in [0.2, 0.25) is 0 Å². The maximum Gasteiger partial charge on any atom is 0.263 e. The van der Waals surface area contributed by atoms with Crippen LogP contribution in [0, 0.1) is 0 Å². The molecule has 2 rings (SSSR count). The molecule has 0 aromatic carbocycles. The van der Waals surface area contributed by atoms with Gasteiger partial charge in [-0.15, -0.1) is 11.3 Å². The molecular weight excluding hydrogens is 286 g/mol. The minimum atomic E-state index is 0.169. The summed E-state index contributed by atoms with van der Waals surface area (Å²) in [6.45, 7) is 0. The van der Waals surface area contributed by atoms with E-state index in [0.717, 1.165) is 21.5 Å². The molecule has 0 N–H and O–H groups in total. The lowest BCUT2D eigenvalue weighted by molar-refractivity contribution is 0.0701. The van der Waals surface area contributed by atoms with Gasteiger partial charge in [-0.25, -0.2) is 0 Å². The first-order chi connectivity index (χ1) is 7.68. The van der Waals surface area contributed by atoms with Gasteiger partial charge in [0.2, 0.25) is 0 Å². The Hall–Kier alpha value is -0.350. The molecular formula is C12H16BrNOS. The van der Waals surface area contributed by atoms with E-state index in [1.54, 1.807) is 0 Å². The van der Waals surface area contributed by atoms with Gasteiger partial charge in [0.05, 0.1) is 8.66 Å². The fourth-order valence-corrected chi connectivity index (χ4v) is 3.61. The second-order valence-corrected chi connectivity index (χ2v) is 6.77. The largest absolute Gasteiger partial charge is 0.338 e. The highest BCUT2D eigenvalue weighted by atomic mass is 79.9. The lowest BCUT2D eigenvalue weighted by Crippen LogP contribution is -2.37. The zero-order chi connectivity index (χ0) is 11.5. The van der Waals surface area contributed by atoms with Gasteiger partial charge in [-0.05, 0) is 40.9 Å². The molecule has 1 aromatic rings. The highest BCUT2D eigenvalue weighted by Gasteiger charge is 2.23. The molecule has 0 aliphatic heterocycles. The SMILES string of the molecule is CN(C(=O)c1ccc(Br)s1)C1CCCCC1. The monoisotopic (exact) mass is 301 g/mol. The molecule has 1 saturated carbocycles. The summed E-state index contributed by atoms with van der Waals surface area (Å²) in [5, 5.41) is 0. The quantitative estimate of drug-likeness (QED) is 0.811. The van der Waals surface area contributed by atoms with Crippen molar-refractivity contribution in [3.05, 3.63) is 20.8 Å². The number of carbonyl (C=O) groups excluding carboxylic acids is 1. The van der Waals surface area contributed by atoms with E-state index in [0.29, 0.717) is 6.04 Å². The zero-order valence-electron chi connectivity index (χ0n) is 9.41. The minimum Gasteiger partial charge on any atom is -0.338 e. The summed E-state index contributed by atoms with van der Waals surface area (Å²) in [5.41, 5.74) is 0. The summed E-state index contributed by atoms with van der Waals surface area (Å²) < 4.78 is 1.02. The molecule has 1 fully saturated rings. The number of carbonyl (C=O) groups is 1. The molecule has 4 heteroatoms. The van der Waals surface area contributed by atoms with Crippen molar-refractivity contribution in [2.24, 2.45) is 0 Å². The van der Waals surface area contributed by atoms with Crippen LogP contribution in [-0.2, 0) is 0 Å². The Kier molecular flexibility index (Phi) is 4.03. The van der Waals surface area contributed by atoms with E-state index in [-0.39, 0.29) is 5.91 Å². The summed E-state index contributed by atoms with van der Waals surface area (Å²) in [6, 6.07) is 4.28. The molecule has 0 spiro atoms. The predicted molar refractivity (Wildman–Crippen MR) is 71.0 cm³/mol. The third-order valence-corrected chi connectivity index (χ3v) is 4.84. The Morgan fingerprint density at radius 2 is 2.06 bits per heavy atom. The normalized spacial score (nSPS) is 17.4. The van der Waals surface area contributed by atoms with Gasteiger partial charge in [0, 0.05) is 13.1 Å². The van der Waals surface area contributed by atoms with Crippen LogP contribution < -0.4 is 0 Å². The van der Waals surface area contributed by atoms with E-state index >= 15 is 0 Å². The second-order valence-electron chi connectivity index (χ2n) is 4.31. The molecule has 16 heavy (non-hydrogen) atoms. The van der Waals surface area contributed by atoms with E-state index in [1.165, 1.54) is 30.6 Å². The highest BCUT2D eigenvalue weighted by molar-refractivity contribution is 9.11. The lowest BCUT2D eigenvalue weighted by atomic mass is 9.94. The first-order valence-corrected chi connectivity index (χ1v) is 7.32. The fraction of sp³-hybridized carbons (Fsp3) is 0.583. The van der Waals surface area contributed by atoms with Crippen LogP contribution in [0.3, 0.4) is 0 Å². The minimum absolute atomic E-state index is 0.169. The van der Waals surface area contributed by atoms with Crippen molar-refractivity contribution in [1.29, 1.82) is 0 Å². The van der Waals surface area contributed by atoms with Crippen LogP contribution >= 0.6 is 27.3 Å². The van der Waals surface area contributed by atoms with Crippen LogP contribution in [-0.4, -0.2) is 23.9 Å². The molecule has 1 aliphatic rings. The Morgan fingerprint density at radius 3 is 2.62 bits per heavy atom. The number of nitrogens with zero attached hydrogens (tertiary/aromatic N) is 1. The number of hydrogen-bond donors (Lipinski definition) is 0. The van der Waals surface area contributed by atoms with Crippen LogP contribution in [0.5, 0.6) is 0 Å². The van der Waals surface area contributed by atoms with Gasteiger partial charge in [-0.3, -0.25) is 4.79 Å². The van der Waals surface area contributed by atoms with E-state index in [4.69, 9.17) is 0 Å². The molecule has 0 atom stereocenters. The topological polar surface area (TPSA) is 20.3 Å². The molecule has 0 saturated heterocycles. The molecule has 0 bridgehead atoms. The number of thiophene rings is 1. The average Bonchev–Trinajstić information content (AvgIpc) is 2.75. The number of amides is 1. The Balaban J connectivity index is 2.03. The Bertz CT molecular complexity index is 371. The summed E-state index contributed by atoms with van der Waals surface area (Å²) in [5.74, 6) is 0.169. The van der Waals surface area contributed by atoms with Gasteiger partial charge in [0.1, 0.15) is 0 Å². The molecule has 88 valence electrons. The van der Waals surface area contributed by atoms with E-state index in [9.17, 15) is 4.79 Å². The molecule has 1 aliphatic carbocycles. The van der Waals surface area contributed by atoms with Crippen molar-refractivity contribution in [1.82, 2.24) is 4.90 Å². The zero-order valence-corrected chi connectivity index (χ0v) is 11.8. The smallest absolute Gasteiger partial charge is 0.263 e. The number of rotatable bonds is 2. The molecule has 1 heterocycles. The van der Waals surface area contributed by atoms with Gasteiger partial charge >= 0.3 is 0 Å². The van der Waals surface area contributed by atoms with Crippen molar-refractivity contribution in [2.45, 2.75) is 38.1 Å². The van der Waals surface area contributed by atoms with Crippen LogP contribution in [0.15, 0.2) is 15.9 Å². The summed E-state index contributed by atoms with van der Waals surface area (Å²) in [4.78, 5) is 14.9. The maximum atomic E-state index is 12.2. The lowest BCUT2D eigenvalue weighted by Gasteiger charge is -2.30. The second kappa shape index (κ2) is 5.32. The van der Waals surface area contributed by atoms with Crippen molar-refractivity contribution < 1.29 is 4.79 Å². The first kappa shape index (κ1) is 12.1. The van der Waals surface area contributed by atoms with Gasteiger partial charge in [-0.2, -0.15) is 0 Å². The molecule has 1 aromatic heterocycles. The summed E-state index contributed by atoms with van der Waals surface area (Å²) >= 11 is 4.91. The number of halogens is 1. The first-order valence-electron chi connectivity index (χ1n) is 5.71. The fourth-order valence-electron chi connectivity index (χ4n) is 2.24. The van der Waals surface area contributed by atoms with Crippen LogP contribution in [0.25, 0.3) is 0 Å². The van der Waals surface area contributed by atoms with Gasteiger partial charge < -0.3 is 4.90 Å². The van der Waals surface area contributed by atoms with Crippen LogP contribution in [0.1, 0.15) is 41.8 Å². The maximum absolute atomic E-state index is 12.2. The molecule has 2 nitrogen and oxygen atoms in total. The van der Waals surface area contributed by atoms with Crippen LogP contribution in [0.4, 0.5) is 0 Å². The molecule has 0 radical (unpaired) electrons. The van der Waals surface area contributed by atoms with Gasteiger partial charge in [-0.1, -0.05) is 19.3 Å². The molecule has 0 unspecified atom stereocenters. The third-order valence-electron chi connectivity index (χ3n) is 3.23. The average molecular weight is 302 g/mol. The van der Waals surface area contributed by atoms with Gasteiger partial charge in [0.15, 0.2) is 0 Å². The predicted octanol–water partition coefficient (Wildman–Crippen LogP) is 3.92. The van der Waals surface area contributed by atoms with Crippen molar-refractivity contribution in [3.63, 3.8) is 0 Å². The van der Waals surface area contributed by atoms with Gasteiger partial charge in [0.25, 0.3) is 5.91 Å². The van der Waals surface area contributed by atoms with E-state index < -0.39 is 0 Å². The summed E-state index contributed by atoms with van der Waals surface area (Å²) in [6.07, 6.45) is 6.17. The Labute approximate surface area is 109 Å². The van der Waals surface area contributed by atoms with E-state index in [2.05, 4.69) is 15.9 Å².